The van der Waals surface area contributed by atoms with E-state index in [0.29, 0.717) is 40.8 Å². The summed E-state index contributed by atoms with van der Waals surface area (Å²) in [6.45, 7) is -0.177. The summed E-state index contributed by atoms with van der Waals surface area (Å²) < 4.78 is 14.6. The van der Waals surface area contributed by atoms with E-state index in [1.165, 1.54) is 28.1 Å². The quantitative estimate of drug-likeness (QED) is 0.362. The van der Waals surface area contributed by atoms with Gasteiger partial charge < -0.3 is 21.4 Å². The van der Waals surface area contributed by atoms with Crippen molar-refractivity contribution in [3.63, 3.8) is 0 Å². The maximum atomic E-state index is 14.6. The molecule has 12 heteroatoms. The Morgan fingerprint density at radius 1 is 1.20 bits per heavy atom. The Morgan fingerprint density at radius 3 is 2.71 bits per heavy atom. The van der Waals surface area contributed by atoms with Gasteiger partial charge in [-0.15, -0.1) is 0 Å². The summed E-state index contributed by atoms with van der Waals surface area (Å²) in [4.78, 5) is 51.6. The number of nitrogens with zero attached hydrogens (tertiary/aromatic N) is 4. The fourth-order valence-corrected chi connectivity index (χ4v) is 4.86. The van der Waals surface area contributed by atoms with E-state index in [1.807, 2.05) is 0 Å². The lowest BCUT2D eigenvalue weighted by atomic mass is 10.1. The number of rotatable bonds is 5. The van der Waals surface area contributed by atoms with Crippen LogP contribution in [-0.2, 0) is 20.8 Å². The Balaban J connectivity index is 1.39. The zero-order chi connectivity index (χ0) is 24.9. The largest absolute Gasteiger partial charge is 0.397 e. The van der Waals surface area contributed by atoms with Crippen LogP contribution < -0.4 is 16.4 Å². The topological polar surface area (TPSA) is 151 Å². The SMILES string of the molecule is NC(=O)Cc1ccc(-c2cnc(C3CCC4C(=O)N(c5cc(Cl)ccc5N)CC(=O)N43)[nH]2)c(F)n1. The van der Waals surface area contributed by atoms with Gasteiger partial charge in [-0.1, -0.05) is 11.6 Å². The van der Waals surface area contributed by atoms with Crippen molar-refractivity contribution in [2.45, 2.75) is 31.3 Å². The van der Waals surface area contributed by atoms with Gasteiger partial charge in [-0.05, 0) is 43.2 Å². The number of hydrogen-bond acceptors (Lipinski definition) is 6. The zero-order valence-corrected chi connectivity index (χ0v) is 19.1. The van der Waals surface area contributed by atoms with Gasteiger partial charge in [0.2, 0.25) is 23.7 Å². The predicted octanol–water partition coefficient (Wildman–Crippen LogP) is 1.95. The number of carbonyl (C=O) groups excluding carboxylic acids is 3. The molecule has 2 aromatic heterocycles. The van der Waals surface area contributed by atoms with Crippen LogP contribution in [-0.4, -0.2) is 50.2 Å². The van der Waals surface area contributed by atoms with Gasteiger partial charge in [0.05, 0.1) is 47.0 Å². The minimum atomic E-state index is -0.776. The Kier molecular flexibility index (Phi) is 5.64. The highest BCUT2D eigenvalue weighted by Gasteiger charge is 2.48. The minimum absolute atomic E-state index is 0.162. The third kappa shape index (κ3) is 4.08. The number of fused-ring (bicyclic) bond motifs is 1. The van der Waals surface area contributed by atoms with Crippen molar-refractivity contribution in [1.29, 1.82) is 0 Å². The van der Waals surface area contributed by atoms with Gasteiger partial charge in [0, 0.05) is 5.02 Å². The lowest BCUT2D eigenvalue weighted by Gasteiger charge is -2.38. The molecule has 3 amide bonds. The van der Waals surface area contributed by atoms with Crippen molar-refractivity contribution >= 4 is 40.7 Å². The van der Waals surface area contributed by atoms with Gasteiger partial charge in [-0.25, -0.2) is 9.97 Å². The number of H-pyrrole nitrogens is 1. The number of amides is 3. The average Bonchev–Trinajstić information content (AvgIpc) is 3.45. The number of pyridine rings is 1. The molecule has 2 aliphatic rings. The van der Waals surface area contributed by atoms with Crippen LogP contribution in [0.25, 0.3) is 11.3 Å². The molecule has 5 N–H and O–H groups in total. The Morgan fingerprint density at radius 2 is 1.97 bits per heavy atom. The van der Waals surface area contributed by atoms with E-state index in [1.54, 1.807) is 18.2 Å². The summed E-state index contributed by atoms with van der Waals surface area (Å²) in [5, 5.41) is 0.411. The highest BCUT2D eigenvalue weighted by molar-refractivity contribution is 6.31. The highest BCUT2D eigenvalue weighted by Crippen LogP contribution is 2.40. The van der Waals surface area contributed by atoms with Gasteiger partial charge in [0.15, 0.2) is 0 Å². The highest BCUT2D eigenvalue weighted by atomic mass is 35.5. The minimum Gasteiger partial charge on any atom is -0.397 e. The van der Waals surface area contributed by atoms with Crippen LogP contribution in [0.3, 0.4) is 0 Å². The van der Waals surface area contributed by atoms with Crippen molar-refractivity contribution < 1.29 is 18.8 Å². The van der Waals surface area contributed by atoms with Crippen molar-refractivity contribution in [1.82, 2.24) is 19.9 Å². The summed E-state index contributed by atoms with van der Waals surface area (Å²) >= 11 is 6.08. The Hall–Kier alpha value is -3.99. The number of piperazine rings is 1. The number of hydrogen-bond donors (Lipinski definition) is 3. The third-order valence-corrected chi connectivity index (χ3v) is 6.50. The molecule has 180 valence electrons. The van der Waals surface area contributed by atoms with E-state index in [-0.39, 0.29) is 36.0 Å². The molecule has 4 heterocycles. The molecule has 0 aliphatic carbocycles. The molecule has 0 radical (unpaired) electrons. The van der Waals surface area contributed by atoms with Gasteiger partial charge in [0.25, 0.3) is 0 Å². The second kappa shape index (κ2) is 8.66. The van der Waals surface area contributed by atoms with E-state index in [4.69, 9.17) is 23.1 Å². The number of nitrogen functional groups attached to an aromatic ring is 1. The van der Waals surface area contributed by atoms with Crippen LogP contribution >= 0.6 is 11.6 Å². The number of primary amides is 1. The van der Waals surface area contributed by atoms with Crippen LogP contribution in [0.5, 0.6) is 0 Å². The number of aromatic nitrogens is 3. The lowest BCUT2D eigenvalue weighted by Crippen LogP contribution is -2.58. The number of carbonyl (C=O) groups is 3. The number of nitrogens with two attached hydrogens (primary N) is 2. The third-order valence-electron chi connectivity index (χ3n) is 6.26. The summed E-state index contributed by atoms with van der Waals surface area (Å²) in [6.07, 6.45) is 2.23. The molecule has 0 bridgehead atoms. The first-order chi connectivity index (χ1) is 16.7. The number of anilines is 2. The first-order valence-electron chi connectivity index (χ1n) is 10.9. The monoisotopic (exact) mass is 497 g/mol. The van der Waals surface area contributed by atoms with E-state index in [0.717, 1.165) is 0 Å². The second-order valence-corrected chi connectivity index (χ2v) is 8.94. The summed E-state index contributed by atoms with van der Waals surface area (Å²) in [6, 6.07) is 6.65. The maximum absolute atomic E-state index is 14.6. The molecule has 2 aliphatic heterocycles. The van der Waals surface area contributed by atoms with Crippen LogP contribution in [0.4, 0.5) is 15.8 Å². The van der Waals surface area contributed by atoms with Gasteiger partial charge in [-0.3, -0.25) is 19.3 Å². The van der Waals surface area contributed by atoms with Gasteiger partial charge in [-0.2, -0.15) is 4.39 Å². The number of nitrogens with one attached hydrogen (secondary N) is 1. The first kappa shape index (κ1) is 22.8. The Bertz CT molecular complexity index is 1360. The number of aromatic amines is 1. The summed E-state index contributed by atoms with van der Waals surface area (Å²) in [7, 11) is 0. The molecule has 2 unspecified atom stereocenters. The standard InChI is InChI=1S/C23H21ClFN7O3/c24-11-1-4-14(26)18(7-11)31-10-20(34)32-16(5-6-17(32)23(31)35)22-28-9-15(30-22)13-3-2-12(8-19(27)33)29-21(13)25/h1-4,7,9,16-17H,5-6,8,10,26H2,(H2,27,33)(H,28,30). The Labute approximate surface area is 204 Å². The fraction of sp³-hybridized carbons (Fsp3) is 0.261. The fourth-order valence-electron chi connectivity index (χ4n) is 4.69. The van der Waals surface area contributed by atoms with Crippen LogP contribution in [0.15, 0.2) is 36.5 Å². The molecule has 35 heavy (non-hydrogen) atoms. The van der Waals surface area contributed by atoms with Crippen molar-refractivity contribution in [3.8, 4) is 11.3 Å². The van der Waals surface area contributed by atoms with Gasteiger partial charge in [0.1, 0.15) is 18.4 Å². The zero-order valence-electron chi connectivity index (χ0n) is 18.4. The normalized spacial score (nSPS) is 19.8. The molecule has 2 atom stereocenters. The average molecular weight is 498 g/mol. The molecule has 10 nitrogen and oxygen atoms in total. The summed E-state index contributed by atoms with van der Waals surface area (Å²) in [5.41, 5.74) is 12.7. The van der Waals surface area contributed by atoms with Crippen molar-refractivity contribution in [2.24, 2.45) is 5.73 Å². The molecule has 3 aromatic rings. The molecule has 2 saturated heterocycles. The van der Waals surface area contributed by atoms with Crippen LogP contribution in [0.2, 0.25) is 5.02 Å². The molecule has 0 spiro atoms. The van der Waals surface area contributed by atoms with E-state index < -0.39 is 23.9 Å². The second-order valence-electron chi connectivity index (χ2n) is 8.50. The maximum Gasteiger partial charge on any atom is 0.250 e. The number of imidazole rings is 1. The van der Waals surface area contributed by atoms with E-state index in [2.05, 4.69) is 15.0 Å². The van der Waals surface area contributed by atoms with Crippen LogP contribution in [0.1, 0.15) is 30.4 Å². The molecule has 0 saturated carbocycles. The molecular weight excluding hydrogens is 477 g/mol. The molecular formula is C23H21ClFN7O3. The first-order valence-corrected chi connectivity index (χ1v) is 11.3. The number of benzene rings is 1. The summed E-state index contributed by atoms with van der Waals surface area (Å²) in [5.74, 6) is -1.44. The molecule has 1 aromatic carbocycles. The van der Waals surface area contributed by atoms with Crippen molar-refractivity contribution in [2.75, 3.05) is 17.2 Å². The predicted molar refractivity (Wildman–Crippen MR) is 126 cm³/mol. The van der Waals surface area contributed by atoms with E-state index in [9.17, 15) is 18.8 Å². The molecule has 2 fully saturated rings. The molecule has 5 rings (SSSR count). The number of halogens is 2. The van der Waals surface area contributed by atoms with Crippen LogP contribution in [0, 0.1) is 5.95 Å². The van der Waals surface area contributed by atoms with Crippen molar-refractivity contribution in [3.05, 3.63) is 59.0 Å². The van der Waals surface area contributed by atoms with E-state index >= 15 is 0 Å². The lowest BCUT2D eigenvalue weighted by molar-refractivity contribution is -0.143. The van der Waals surface area contributed by atoms with Gasteiger partial charge >= 0.3 is 0 Å². The smallest absolute Gasteiger partial charge is 0.250 e.